The average molecular weight is 371 g/mol. The lowest BCUT2D eigenvalue weighted by molar-refractivity contribution is -0.121. The Kier molecular flexibility index (Phi) is 5.60. The molecule has 102 valence electrons. The van der Waals surface area contributed by atoms with Gasteiger partial charge in [-0.3, -0.25) is 4.79 Å². The molecule has 1 aromatic rings. The Morgan fingerprint density at radius 3 is 2.63 bits per heavy atom. The number of benzene rings is 1. The molecule has 1 aromatic carbocycles. The maximum absolute atomic E-state index is 11.9. The van der Waals surface area contributed by atoms with Gasteiger partial charge >= 0.3 is 0 Å². The van der Waals surface area contributed by atoms with Gasteiger partial charge in [-0.05, 0) is 47.6 Å². The first-order valence-electron chi connectivity index (χ1n) is 6.09. The van der Waals surface area contributed by atoms with Crippen molar-refractivity contribution < 1.29 is 4.79 Å². The molecule has 0 aromatic heterocycles. The van der Waals surface area contributed by atoms with Crippen LogP contribution in [-0.4, -0.2) is 18.0 Å². The van der Waals surface area contributed by atoms with Gasteiger partial charge in [-0.25, -0.2) is 0 Å². The molecular weight excluding hydrogens is 353 g/mol. The number of carbonyl (C=O) groups is 1. The zero-order valence-corrected chi connectivity index (χ0v) is 13.5. The number of anilines is 1. The quantitative estimate of drug-likeness (QED) is 0.783. The molecule has 1 unspecified atom stereocenters. The third-order valence-corrected chi connectivity index (χ3v) is 4.04. The van der Waals surface area contributed by atoms with Gasteiger partial charge in [0.1, 0.15) is 5.54 Å². The SMILES string of the molecule is CC(C)C(C)(C#N)NC(=O)CNc1ccccc1I. The summed E-state index contributed by atoms with van der Waals surface area (Å²) in [4.78, 5) is 11.9. The van der Waals surface area contributed by atoms with E-state index in [9.17, 15) is 4.79 Å². The molecule has 0 aliphatic heterocycles. The van der Waals surface area contributed by atoms with Crippen LogP contribution >= 0.6 is 22.6 Å². The summed E-state index contributed by atoms with van der Waals surface area (Å²) in [6.07, 6.45) is 0. The molecule has 1 rings (SSSR count). The molecule has 0 aliphatic carbocycles. The predicted octanol–water partition coefficient (Wildman–Crippen LogP) is 2.76. The van der Waals surface area contributed by atoms with Crippen LogP contribution < -0.4 is 10.6 Å². The van der Waals surface area contributed by atoms with Gasteiger partial charge in [0.25, 0.3) is 0 Å². The van der Waals surface area contributed by atoms with Gasteiger partial charge in [0.15, 0.2) is 0 Å². The summed E-state index contributed by atoms with van der Waals surface area (Å²) >= 11 is 2.21. The third-order valence-electron chi connectivity index (χ3n) is 3.10. The molecule has 1 atom stereocenters. The van der Waals surface area contributed by atoms with Crippen molar-refractivity contribution in [2.24, 2.45) is 5.92 Å². The first-order valence-corrected chi connectivity index (χ1v) is 7.17. The van der Waals surface area contributed by atoms with E-state index in [1.165, 1.54) is 0 Å². The molecule has 0 fully saturated rings. The van der Waals surface area contributed by atoms with E-state index in [2.05, 4.69) is 39.3 Å². The zero-order chi connectivity index (χ0) is 14.5. The lowest BCUT2D eigenvalue weighted by Gasteiger charge is -2.27. The van der Waals surface area contributed by atoms with Crippen molar-refractivity contribution in [1.82, 2.24) is 5.32 Å². The number of halogens is 1. The molecule has 0 saturated heterocycles. The number of rotatable bonds is 5. The second-order valence-corrected chi connectivity index (χ2v) is 6.01. The molecule has 2 N–H and O–H groups in total. The zero-order valence-electron chi connectivity index (χ0n) is 11.3. The summed E-state index contributed by atoms with van der Waals surface area (Å²) in [6.45, 7) is 5.72. The highest BCUT2D eigenvalue weighted by Crippen LogP contribution is 2.17. The van der Waals surface area contributed by atoms with E-state index < -0.39 is 5.54 Å². The van der Waals surface area contributed by atoms with Crippen molar-refractivity contribution in [3.8, 4) is 6.07 Å². The van der Waals surface area contributed by atoms with Crippen LogP contribution in [0.15, 0.2) is 24.3 Å². The van der Waals surface area contributed by atoms with Crippen LogP contribution in [0.2, 0.25) is 0 Å². The number of nitrogens with zero attached hydrogens (tertiary/aromatic N) is 1. The van der Waals surface area contributed by atoms with Crippen LogP contribution in [0.5, 0.6) is 0 Å². The molecule has 0 saturated carbocycles. The fourth-order valence-corrected chi connectivity index (χ4v) is 1.99. The number of hydrogen-bond donors (Lipinski definition) is 2. The van der Waals surface area contributed by atoms with Crippen LogP contribution in [0.3, 0.4) is 0 Å². The number of nitrogens with one attached hydrogen (secondary N) is 2. The Morgan fingerprint density at radius 2 is 2.11 bits per heavy atom. The summed E-state index contributed by atoms with van der Waals surface area (Å²) in [7, 11) is 0. The second-order valence-electron chi connectivity index (χ2n) is 4.85. The lowest BCUT2D eigenvalue weighted by atomic mass is 9.90. The monoisotopic (exact) mass is 371 g/mol. The highest BCUT2D eigenvalue weighted by atomic mass is 127. The standard InChI is InChI=1S/C14H18IN3O/c1-10(2)14(3,9-16)18-13(19)8-17-12-7-5-4-6-11(12)15/h4-7,10,17H,8H2,1-3H3,(H,18,19). The minimum atomic E-state index is -0.831. The van der Waals surface area contributed by atoms with Crippen LogP contribution in [0.1, 0.15) is 20.8 Å². The summed E-state index contributed by atoms with van der Waals surface area (Å²) in [5.41, 5.74) is 0.0873. The van der Waals surface area contributed by atoms with Crippen molar-refractivity contribution in [3.63, 3.8) is 0 Å². The summed E-state index contributed by atoms with van der Waals surface area (Å²) in [5.74, 6) is -0.129. The Labute approximate surface area is 127 Å². The van der Waals surface area contributed by atoms with Crippen molar-refractivity contribution in [3.05, 3.63) is 27.8 Å². The number of para-hydroxylation sites is 1. The van der Waals surface area contributed by atoms with E-state index in [1.54, 1.807) is 6.92 Å². The van der Waals surface area contributed by atoms with Gasteiger partial charge in [0.2, 0.25) is 5.91 Å². The Bertz CT molecular complexity index is 496. The summed E-state index contributed by atoms with van der Waals surface area (Å²) in [5, 5.41) is 15.0. The first kappa shape index (κ1) is 15.8. The van der Waals surface area contributed by atoms with Gasteiger partial charge in [0.05, 0.1) is 12.6 Å². The maximum atomic E-state index is 11.9. The highest BCUT2D eigenvalue weighted by Gasteiger charge is 2.29. The van der Waals surface area contributed by atoms with Crippen LogP contribution in [0.4, 0.5) is 5.69 Å². The molecule has 0 heterocycles. The van der Waals surface area contributed by atoms with Crippen molar-refractivity contribution in [2.75, 3.05) is 11.9 Å². The molecule has 0 radical (unpaired) electrons. The Balaban J connectivity index is 2.58. The van der Waals surface area contributed by atoms with E-state index in [0.717, 1.165) is 9.26 Å². The number of carbonyl (C=O) groups excluding carboxylic acids is 1. The molecule has 5 heteroatoms. The van der Waals surface area contributed by atoms with Crippen LogP contribution in [0, 0.1) is 20.8 Å². The van der Waals surface area contributed by atoms with E-state index in [0.29, 0.717) is 0 Å². The molecule has 1 amide bonds. The minimum absolute atomic E-state index is 0.0540. The van der Waals surface area contributed by atoms with E-state index in [-0.39, 0.29) is 18.4 Å². The molecular formula is C14H18IN3O. The summed E-state index contributed by atoms with van der Waals surface area (Å²) in [6, 6.07) is 9.90. The Hall–Kier alpha value is -1.29. The fraction of sp³-hybridized carbons (Fsp3) is 0.429. The van der Waals surface area contributed by atoms with Gasteiger partial charge in [-0.15, -0.1) is 0 Å². The van der Waals surface area contributed by atoms with Gasteiger partial charge < -0.3 is 10.6 Å². The molecule has 19 heavy (non-hydrogen) atoms. The number of amides is 1. The molecule has 4 nitrogen and oxygen atoms in total. The number of nitriles is 1. The molecule has 0 aliphatic rings. The van der Waals surface area contributed by atoms with E-state index in [4.69, 9.17) is 5.26 Å². The molecule has 0 spiro atoms. The normalized spacial score (nSPS) is 13.5. The third kappa shape index (κ3) is 4.39. The molecule has 0 bridgehead atoms. The van der Waals surface area contributed by atoms with Crippen LogP contribution in [-0.2, 0) is 4.79 Å². The average Bonchev–Trinajstić information content (AvgIpc) is 2.37. The first-order chi connectivity index (χ1) is 8.89. The predicted molar refractivity (Wildman–Crippen MR) is 84.6 cm³/mol. The maximum Gasteiger partial charge on any atom is 0.240 e. The fourth-order valence-electron chi connectivity index (χ4n) is 1.42. The van der Waals surface area contributed by atoms with Gasteiger partial charge in [-0.1, -0.05) is 26.0 Å². The van der Waals surface area contributed by atoms with Gasteiger partial charge in [0, 0.05) is 9.26 Å². The van der Waals surface area contributed by atoms with Crippen molar-refractivity contribution in [2.45, 2.75) is 26.3 Å². The highest BCUT2D eigenvalue weighted by molar-refractivity contribution is 14.1. The van der Waals surface area contributed by atoms with E-state index >= 15 is 0 Å². The van der Waals surface area contributed by atoms with Crippen molar-refractivity contribution >= 4 is 34.2 Å². The lowest BCUT2D eigenvalue weighted by Crippen LogP contribution is -2.50. The van der Waals surface area contributed by atoms with E-state index in [1.807, 2.05) is 38.1 Å². The van der Waals surface area contributed by atoms with Crippen molar-refractivity contribution in [1.29, 1.82) is 5.26 Å². The minimum Gasteiger partial charge on any atom is -0.375 e. The topological polar surface area (TPSA) is 64.9 Å². The summed E-state index contributed by atoms with van der Waals surface area (Å²) < 4.78 is 1.06. The second kappa shape index (κ2) is 6.75. The van der Waals surface area contributed by atoms with Gasteiger partial charge in [-0.2, -0.15) is 5.26 Å². The number of hydrogen-bond acceptors (Lipinski definition) is 3. The smallest absolute Gasteiger partial charge is 0.240 e. The Morgan fingerprint density at radius 1 is 1.47 bits per heavy atom. The largest absolute Gasteiger partial charge is 0.375 e. The van der Waals surface area contributed by atoms with Crippen LogP contribution in [0.25, 0.3) is 0 Å².